The first-order valence-electron chi connectivity index (χ1n) is 5.40. The maximum absolute atomic E-state index is 5.32. The van der Waals surface area contributed by atoms with Crippen LogP contribution in [0.2, 0.25) is 0 Å². The molecule has 1 aromatic heterocycles. The average molecular weight is 194 g/mol. The molecule has 78 valence electrons. The Kier molecular flexibility index (Phi) is 2.87. The molecule has 0 aliphatic carbocycles. The van der Waals surface area contributed by atoms with Crippen LogP contribution in [0.3, 0.4) is 0 Å². The first-order valence-corrected chi connectivity index (χ1v) is 5.40. The summed E-state index contributed by atoms with van der Waals surface area (Å²) in [5.74, 6) is 1.81. The lowest BCUT2D eigenvalue weighted by molar-refractivity contribution is 0.319. The topological polar surface area (TPSA) is 38.1 Å². The number of hydrogen-bond acceptors (Lipinski definition) is 3. The third-order valence-electron chi connectivity index (χ3n) is 3.13. The Hall–Kier alpha value is -0.830. The van der Waals surface area contributed by atoms with Gasteiger partial charge in [-0.05, 0) is 45.7 Å². The van der Waals surface area contributed by atoms with E-state index < -0.39 is 0 Å². The Morgan fingerprint density at radius 1 is 1.50 bits per heavy atom. The number of piperidine rings is 1. The summed E-state index contributed by atoms with van der Waals surface area (Å²) in [6, 6.07) is 0. The first-order chi connectivity index (χ1) is 6.77. The van der Waals surface area contributed by atoms with Crippen molar-refractivity contribution in [2.75, 3.05) is 13.1 Å². The van der Waals surface area contributed by atoms with Crippen LogP contribution >= 0.6 is 0 Å². The van der Waals surface area contributed by atoms with Crippen LogP contribution < -0.4 is 5.32 Å². The number of hydrogen-bond donors (Lipinski definition) is 1. The highest BCUT2D eigenvalue weighted by Gasteiger charge is 2.17. The zero-order chi connectivity index (χ0) is 9.97. The van der Waals surface area contributed by atoms with E-state index in [9.17, 15) is 0 Å². The summed E-state index contributed by atoms with van der Waals surface area (Å²) in [7, 11) is 0. The fourth-order valence-corrected chi connectivity index (χ4v) is 2.01. The van der Waals surface area contributed by atoms with Gasteiger partial charge in [0.25, 0.3) is 0 Å². The minimum Gasteiger partial charge on any atom is -0.361 e. The summed E-state index contributed by atoms with van der Waals surface area (Å²) >= 11 is 0. The lowest BCUT2D eigenvalue weighted by atomic mass is 9.94. The largest absolute Gasteiger partial charge is 0.361 e. The first kappa shape index (κ1) is 9.71. The summed E-state index contributed by atoms with van der Waals surface area (Å²) in [5.41, 5.74) is 2.26. The molecular formula is C11H18N2O. The number of nitrogens with zero attached hydrogens (tertiary/aromatic N) is 1. The van der Waals surface area contributed by atoms with Gasteiger partial charge in [0.15, 0.2) is 0 Å². The van der Waals surface area contributed by atoms with Crippen LogP contribution in [0.4, 0.5) is 0 Å². The molecule has 3 nitrogen and oxygen atoms in total. The normalized spacial score (nSPS) is 22.6. The van der Waals surface area contributed by atoms with Crippen molar-refractivity contribution in [3.63, 3.8) is 0 Å². The Balaban J connectivity index is 1.99. The average Bonchev–Trinajstić information content (AvgIpc) is 2.52. The SMILES string of the molecule is Cc1noc(CC2CCCNC2)c1C. The maximum atomic E-state index is 5.32. The fourth-order valence-electron chi connectivity index (χ4n) is 2.01. The Morgan fingerprint density at radius 2 is 2.36 bits per heavy atom. The Bertz CT molecular complexity index is 300. The third kappa shape index (κ3) is 1.98. The lowest BCUT2D eigenvalue weighted by Crippen LogP contribution is -2.30. The predicted octanol–water partition coefficient (Wildman–Crippen LogP) is 1.83. The van der Waals surface area contributed by atoms with Crippen molar-refractivity contribution >= 4 is 0 Å². The van der Waals surface area contributed by atoms with Crippen LogP contribution in [0.25, 0.3) is 0 Å². The summed E-state index contributed by atoms with van der Waals surface area (Å²) < 4.78 is 5.32. The number of aryl methyl sites for hydroxylation is 1. The highest BCUT2D eigenvalue weighted by Crippen LogP contribution is 2.20. The molecule has 0 radical (unpaired) electrons. The molecule has 3 heteroatoms. The van der Waals surface area contributed by atoms with Gasteiger partial charge in [0.05, 0.1) is 5.69 Å². The molecule has 1 aliphatic heterocycles. The minimum absolute atomic E-state index is 0.731. The number of aromatic nitrogens is 1. The second-order valence-corrected chi connectivity index (χ2v) is 4.23. The van der Waals surface area contributed by atoms with Crippen molar-refractivity contribution in [2.24, 2.45) is 5.92 Å². The van der Waals surface area contributed by atoms with Gasteiger partial charge in [0.1, 0.15) is 5.76 Å². The second-order valence-electron chi connectivity index (χ2n) is 4.23. The van der Waals surface area contributed by atoms with Crippen LogP contribution in [0.15, 0.2) is 4.52 Å². The molecule has 0 amide bonds. The molecule has 1 fully saturated rings. The van der Waals surface area contributed by atoms with Crippen molar-refractivity contribution in [1.82, 2.24) is 10.5 Å². The van der Waals surface area contributed by atoms with Gasteiger partial charge in [-0.1, -0.05) is 5.16 Å². The maximum Gasteiger partial charge on any atom is 0.140 e. The van der Waals surface area contributed by atoms with Crippen LogP contribution in [0, 0.1) is 19.8 Å². The molecule has 2 rings (SSSR count). The fraction of sp³-hybridized carbons (Fsp3) is 0.727. The lowest BCUT2D eigenvalue weighted by Gasteiger charge is -2.21. The monoisotopic (exact) mass is 194 g/mol. The highest BCUT2D eigenvalue weighted by molar-refractivity contribution is 5.20. The van der Waals surface area contributed by atoms with E-state index in [-0.39, 0.29) is 0 Å². The van der Waals surface area contributed by atoms with Gasteiger partial charge in [-0.25, -0.2) is 0 Å². The summed E-state index contributed by atoms with van der Waals surface area (Å²) in [4.78, 5) is 0. The van der Waals surface area contributed by atoms with E-state index >= 15 is 0 Å². The van der Waals surface area contributed by atoms with E-state index in [1.54, 1.807) is 0 Å². The zero-order valence-electron chi connectivity index (χ0n) is 8.97. The van der Waals surface area contributed by atoms with Gasteiger partial charge in [-0.2, -0.15) is 0 Å². The molecule has 1 aromatic rings. The number of nitrogens with one attached hydrogen (secondary N) is 1. The quantitative estimate of drug-likeness (QED) is 0.780. The molecule has 1 atom stereocenters. The molecule has 0 aromatic carbocycles. The second kappa shape index (κ2) is 4.13. The molecule has 2 heterocycles. The van der Waals surface area contributed by atoms with E-state index in [1.165, 1.54) is 24.9 Å². The van der Waals surface area contributed by atoms with Crippen LogP contribution in [0.1, 0.15) is 29.9 Å². The Labute approximate surface area is 84.9 Å². The van der Waals surface area contributed by atoms with Crippen molar-refractivity contribution in [2.45, 2.75) is 33.1 Å². The van der Waals surface area contributed by atoms with Crippen LogP contribution in [0.5, 0.6) is 0 Å². The van der Waals surface area contributed by atoms with Crippen LogP contribution in [-0.2, 0) is 6.42 Å². The molecule has 0 spiro atoms. The van der Waals surface area contributed by atoms with Crippen molar-refractivity contribution in [3.05, 3.63) is 17.0 Å². The molecule has 0 saturated carbocycles. The highest BCUT2D eigenvalue weighted by atomic mass is 16.5. The molecule has 14 heavy (non-hydrogen) atoms. The molecule has 1 unspecified atom stereocenters. The standard InChI is InChI=1S/C11H18N2O/c1-8-9(2)13-14-11(8)6-10-4-3-5-12-7-10/h10,12H,3-7H2,1-2H3. The minimum atomic E-state index is 0.731. The van der Waals surface area contributed by atoms with E-state index in [0.717, 1.165) is 30.3 Å². The van der Waals surface area contributed by atoms with Gasteiger partial charge < -0.3 is 9.84 Å². The molecule has 1 aliphatic rings. The van der Waals surface area contributed by atoms with Gasteiger partial charge in [-0.15, -0.1) is 0 Å². The van der Waals surface area contributed by atoms with Crippen molar-refractivity contribution in [1.29, 1.82) is 0 Å². The van der Waals surface area contributed by atoms with Crippen molar-refractivity contribution in [3.8, 4) is 0 Å². The molecule has 1 saturated heterocycles. The number of rotatable bonds is 2. The van der Waals surface area contributed by atoms with E-state index in [0.29, 0.717) is 0 Å². The van der Waals surface area contributed by atoms with Gasteiger partial charge in [-0.3, -0.25) is 0 Å². The summed E-state index contributed by atoms with van der Waals surface area (Å²) in [6.07, 6.45) is 3.64. The van der Waals surface area contributed by atoms with Crippen molar-refractivity contribution < 1.29 is 4.52 Å². The van der Waals surface area contributed by atoms with E-state index in [4.69, 9.17) is 4.52 Å². The van der Waals surface area contributed by atoms with Gasteiger partial charge in [0, 0.05) is 12.0 Å². The van der Waals surface area contributed by atoms with Gasteiger partial charge >= 0.3 is 0 Å². The predicted molar refractivity (Wildman–Crippen MR) is 55.3 cm³/mol. The smallest absolute Gasteiger partial charge is 0.140 e. The molecular weight excluding hydrogens is 176 g/mol. The van der Waals surface area contributed by atoms with Crippen LogP contribution in [-0.4, -0.2) is 18.2 Å². The summed E-state index contributed by atoms with van der Waals surface area (Å²) in [5, 5.41) is 7.41. The summed E-state index contributed by atoms with van der Waals surface area (Å²) in [6.45, 7) is 6.39. The van der Waals surface area contributed by atoms with E-state index in [1.807, 2.05) is 6.92 Å². The Morgan fingerprint density at radius 3 is 2.93 bits per heavy atom. The molecule has 1 N–H and O–H groups in total. The third-order valence-corrected chi connectivity index (χ3v) is 3.13. The molecule has 0 bridgehead atoms. The van der Waals surface area contributed by atoms with Gasteiger partial charge in [0.2, 0.25) is 0 Å². The van der Waals surface area contributed by atoms with E-state index in [2.05, 4.69) is 17.4 Å². The zero-order valence-corrected chi connectivity index (χ0v) is 8.97.